The Hall–Kier alpha value is -1.30. The summed E-state index contributed by atoms with van der Waals surface area (Å²) in [6.07, 6.45) is 0.137. The number of hydrogen-bond acceptors (Lipinski definition) is 4. The van der Waals surface area contributed by atoms with Crippen molar-refractivity contribution in [3.63, 3.8) is 0 Å². The summed E-state index contributed by atoms with van der Waals surface area (Å²) in [7, 11) is 1.69. The van der Waals surface area contributed by atoms with Crippen LogP contribution in [0.4, 0.5) is 0 Å². The summed E-state index contributed by atoms with van der Waals surface area (Å²) in [6, 6.07) is 0. The highest BCUT2D eigenvalue weighted by Gasteiger charge is 2.29. The van der Waals surface area contributed by atoms with Crippen molar-refractivity contribution in [3.05, 3.63) is 0 Å². The number of amidine groups is 1. The lowest BCUT2D eigenvalue weighted by Gasteiger charge is -2.25. The minimum absolute atomic E-state index is 0.0260. The fraction of sp³-hybridized carbons (Fsp3) is 0.833. The first-order chi connectivity index (χ1) is 8.31. The molecule has 0 heterocycles. The Labute approximate surface area is 109 Å². The van der Waals surface area contributed by atoms with E-state index in [4.69, 9.17) is 15.7 Å². The predicted octanol–water partition coefficient (Wildman–Crippen LogP) is 0.888. The summed E-state index contributed by atoms with van der Waals surface area (Å²) >= 11 is 0. The van der Waals surface area contributed by atoms with Crippen LogP contribution in [0.5, 0.6) is 0 Å². The normalized spacial score (nSPS) is 14.1. The molecule has 106 valence electrons. The first-order valence-electron chi connectivity index (χ1n) is 6.15. The van der Waals surface area contributed by atoms with Crippen LogP contribution in [-0.4, -0.2) is 48.2 Å². The van der Waals surface area contributed by atoms with E-state index in [2.05, 4.69) is 5.16 Å². The number of ether oxygens (including phenoxy) is 1. The summed E-state index contributed by atoms with van der Waals surface area (Å²) in [6.45, 7) is 8.56. The van der Waals surface area contributed by atoms with Crippen LogP contribution in [0.3, 0.4) is 0 Å². The SMILES string of the molecule is CC(C)OCCN(C)C(=O)C(C(N)=NO)C(C)C. The molecule has 0 aromatic heterocycles. The molecule has 0 saturated heterocycles. The molecule has 1 atom stereocenters. The smallest absolute Gasteiger partial charge is 0.233 e. The van der Waals surface area contributed by atoms with Crippen molar-refractivity contribution in [2.24, 2.45) is 22.7 Å². The van der Waals surface area contributed by atoms with Gasteiger partial charge in [-0.25, -0.2) is 0 Å². The number of amides is 1. The van der Waals surface area contributed by atoms with Gasteiger partial charge in [0.15, 0.2) is 5.84 Å². The summed E-state index contributed by atoms with van der Waals surface area (Å²) in [5.74, 6) is -0.833. The zero-order valence-electron chi connectivity index (χ0n) is 11.9. The van der Waals surface area contributed by atoms with Crippen molar-refractivity contribution in [2.75, 3.05) is 20.2 Å². The van der Waals surface area contributed by atoms with E-state index in [0.717, 1.165) is 0 Å². The van der Waals surface area contributed by atoms with Crippen LogP contribution in [0.15, 0.2) is 5.16 Å². The Balaban J connectivity index is 4.49. The molecule has 0 aliphatic rings. The maximum absolute atomic E-state index is 12.2. The number of carbonyl (C=O) groups is 1. The van der Waals surface area contributed by atoms with E-state index in [9.17, 15) is 4.79 Å². The van der Waals surface area contributed by atoms with E-state index < -0.39 is 5.92 Å². The highest BCUT2D eigenvalue weighted by Crippen LogP contribution is 2.14. The lowest BCUT2D eigenvalue weighted by Crippen LogP contribution is -2.43. The highest BCUT2D eigenvalue weighted by atomic mass is 16.5. The lowest BCUT2D eigenvalue weighted by atomic mass is 9.93. The summed E-state index contributed by atoms with van der Waals surface area (Å²) in [5.41, 5.74) is 5.55. The molecular formula is C12H25N3O3. The summed E-state index contributed by atoms with van der Waals surface area (Å²) in [4.78, 5) is 13.7. The van der Waals surface area contributed by atoms with Gasteiger partial charge in [0.25, 0.3) is 0 Å². The number of oxime groups is 1. The quantitative estimate of drug-likeness (QED) is 0.307. The second-order valence-electron chi connectivity index (χ2n) is 4.93. The van der Waals surface area contributed by atoms with E-state index in [0.29, 0.717) is 13.2 Å². The molecule has 3 N–H and O–H groups in total. The molecule has 6 heteroatoms. The van der Waals surface area contributed by atoms with Gasteiger partial charge in [-0.05, 0) is 19.8 Å². The minimum atomic E-state index is -0.598. The van der Waals surface area contributed by atoms with Gasteiger partial charge in [0.05, 0.1) is 12.7 Å². The highest BCUT2D eigenvalue weighted by molar-refractivity contribution is 6.02. The Morgan fingerprint density at radius 3 is 2.33 bits per heavy atom. The van der Waals surface area contributed by atoms with E-state index in [1.54, 1.807) is 11.9 Å². The van der Waals surface area contributed by atoms with Crippen molar-refractivity contribution < 1.29 is 14.7 Å². The lowest BCUT2D eigenvalue weighted by molar-refractivity contribution is -0.134. The molecule has 18 heavy (non-hydrogen) atoms. The predicted molar refractivity (Wildman–Crippen MR) is 70.5 cm³/mol. The molecule has 0 aliphatic carbocycles. The fourth-order valence-corrected chi connectivity index (χ4v) is 1.59. The molecule has 0 spiro atoms. The van der Waals surface area contributed by atoms with Crippen molar-refractivity contribution in [1.29, 1.82) is 0 Å². The number of nitrogens with zero attached hydrogens (tertiary/aromatic N) is 2. The van der Waals surface area contributed by atoms with Crippen LogP contribution >= 0.6 is 0 Å². The summed E-state index contributed by atoms with van der Waals surface area (Å²) in [5, 5.41) is 11.6. The number of carbonyl (C=O) groups excluding carboxylic acids is 1. The maximum Gasteiger partial charge on any atom is 0.233 e. The molecule has 0 saturated carbocycles. The van der Waals surface area contributed by atoms with Gasteiger partial charge in [-0.2, -0.15) is 0 Å². The van der Waals surface area contributed by atoms with Gasteiger partial charge in [-0.3, -0.25) is 4.79 Å². The Morgan fingerprint density at radius 1 is 1.39 bits per heavy atom. The van der Waals surface area contributed by atoms with Crippen molar-refractivity contribution in [2.45, 2.75) is 33.8 Å². The van der Waals surface area contributed by atoms with Crippen LogP contribution < -0.4 is 5.73 Å². The van der Waals surface area contributed by atoms with E-state index in [1.807, 2.05) is 27.7 Å². The van der Waals surface area contributed by atoms with Crippen LogP contribution in [0.25, 0.3) is 0 Å². The monoisotopic (exact) mass is 259 g/mol. The van der Waals surface area contributed by atoms with E-state index in [1.165, 1.54) is 0 Å². The van der Waals surface area contributed by atoms with Crippen LogP contribution in [0, 0.1) is 11.8 Å². The van der Waals surface area contributed by atoms with Gasteiger partial charge < -0.3 is 20.6 Å². The first kappa shape index (κ1) is 16.7. The van der Waals surface area contributed by atoms with Crippen molar-refractivity contribution in [1.82, 2.24) is 4.90 Å². The average Bonchev–Trinajstić information content (AvgIpc) is 2.27. The second kappa shape index (κ2) is 7.92. The third-order valence-electron chi connectivity index (χ3n) is 2.62. The Bertz CT molecular complexity index is 290. The maximum atomic E-state index is 12.2. The third-order valence-corrected chi connectivity index (χ3v) is 2.62. The molecule has 0 aromatic carbocycles. The van der Waals surface area contributed by atoms with Crippen molar-refractivity contribution in [3.8, 4) is 0 Å². The fourth-order valence-electron chi connectivity index (χ4n) is 1.59. The average molecular weight is 259 g/mol. The third kappa shape index (κ3) is 5.35. The van der Waals surface area contributed by atoms with Crippen molar-refractivity contribution >= 4 is 11.7 Å². The summed E-state index contributed by atoms with van der Waals surface area (Å²) < 4.78 is 5.38. The minimum Gasteiger partial charge on any atom is -0.409 e. The van der Waals surface area contributed by atoms with E-state index in [-0.39, 0.29) is 23.8 Å². The largest absolute Gasteiger partial charge is 0.409 e. The Morgan fingerprint density at radius 2 is 1.94 bits per heavy atom. The molecular weight excluding hydrogens is 234 g/mol. The number of rotatable bonds is 7. The van der Waals surface area contributed by atoms with Gasteiger partial charge in [-0.1, -0.05) is 19.0 Å². The number of hydrogen-bond donors (Lipinski definition) is 2. The molecule has 0 aliphatic heterocycles. The van der Waals surface area contributed by atoms with Gasteiger partial charge >= 0.3 is 0 Å². The molecule has 0 rings (SSSR count). The molecule has 0 fully saturated rings. The molecule has 0 bridgehead atoms. The zero-order chi connectivity index (χ0) is 14.3. The van der Waals surface area contributed by atoms with Gasteiger partial charge in [-0.15, -0.1) is 0 Å². The molecule has 1 unspecified atom stereocenters. The molecule has 6 nitrogen and oxygen atoms in total. The zero-order valence-corrected chi connectivity index (χ0v) is 11.9. The van der Waals surface area contributed by atoms with Crippen LogP contribution in [-0.2, 0) is 9.53 Å². The first-order valence-corrected chi connectivity index (χ1v) is 6.15. The van der Waals surface area contributed by atoms with E-state index >= 15 is 0 Å². The van der Waals surface area contributed by atoms with Gasteiger partial charge in [0.1, 0.15) is 5.92 Å². The standard InChI is InChI=1S/C12H25N3O3/c1-8(2)10(11(13)14-17)12(16)15(5)6-7-18-9(3)4/h8-10,17H,6-7H2,1-5H3,(H2,13,14). The van der Waals surface area contributed by atoms with Gasteiger partial charge in [0.2, 0.25) is 5.91 Å². The second-order valence-corrected chi connectivity index (χ2v) is 4.93. The number of nitrogens with two attached hydrogens (primary N) is 1. The number of likely N-dealkylation sites (N-methyl/N-ethyl adjacent to an activating group) is 1. The Kier molecular flexibility index (Phi) is 7.35. The molecule has 0 aromatic rings. The van der Waals surface area contributed by atoms with Gasteiger partial charge in [0, 0.05) is 13.6 Å². The molecule has 0 radical (unpaired) electrons. The topological polar surface area (TPSA) is 88.2 Å². The van der Waals surface area contributed by atoms with Crippen LogP contribution in [0.2, 0.25) is 0 Å². The molecule has 1 amide bonds. The van der Waals surface area contributed by atoms with Crippen LogP contribution in [0.1, 0.15) is 27.7 Å².